The maximum Gasteiger partial charge on any atom is 0.349 e. The highest BCUT2D eigenvalue weighted by Gasteiger charge is 2.30. The average molecular weight is 376 g/mol. The largest absolute Gasteiger partial charge is 0.453 e. The Morgan fingerprint density at radius 1 is 1.35 bits per heavy atom. The van der Waals surface area contributed by atoms with Crippen LogP contribution in [0.3, 0.4) is 0 Å². The predicted molar refractivity (Wildman–Crippen MR) is 98.1 cm³/mol. The van der Waals surface area contributed by atoms with Gasteiger partial charge < -0.3 is 20.7 Å². The Bertz CT molecular complexity index is 847. The van der Waals surface area contributed by atoms with Gasteiger partial charge in [-0.3, -0.25) is 4.79 Å². The topological polar surface area (TPSA) is 123 Å². The number of nitrogens with one attached hydrogen (secondary N) is 1. The molecule has 1 aliphatic carbocycles. The molecule has 0 radical (unpaired) electrons. The molecule has 2 aromatic rings. The van der Waals surface area contributed by atoms with Gasteiger partial charge in [-0.2, -0.15) is 15.0 Å². The average Bonchev–Trinajstić information content (AvgIpc) is 3.36. The van der Waals surface area contributed by atoms with Crippen LogP contribution in [0, 0.1) is 12.8 Å². The molecule has 9 nitrogen and oxygen atoms in total. The summed E-state index contributed by atoms with van der Waals surface area (Å²) in [6.07, 6.45) is 1.85. The molecule has 0 aromatic carbocycles. The van der Waals surface area contributed by atoms with Crippen LogP contribution in [0.1, 0.15) is 33.9 Å². The smallest absolute Gasteiger partial charge is 0.349 e. The zero-order valence-electron chi connectivity index (χ0n) is 14.8. The normalized spacial score (nSPS) is 13.3. The first-order chi connectivity index (χ1) is 12.3. The molecule has 0 aliphatic heterocycles. The van der Waals surface area contributed by atoms with E-state index in [0.717, 1.165) is 18.4 Å². The van der Waals surface area contributed by atoms with Gasteiger partial charge in [-0.1, -0.05) is 0 Å². The summed E-state index contributed by atoms with van der Waals surface area (Å²) in [5.41, 5.74) is 6.40. The van der Waals surface area contributed by atoms with Gasteiger partial charge >= 0.3 is 5.97 Å². The van der Waals surface area contributed by atoms with Gasteiger partial charge in [-0.05, 0) is 31.4 Å². The van der Waals surface area contributed by atoms with Crippen molar-refractivity contribution in [2.75, 3.05) is 30.0 Å². The van der Waals surface area contributed by atoms with Crippen LogP contribution in [-0.4, -0.2) is 40.9 Å². The lowest BCUT2D eigenvalue weighted by atomic mass is 10.3. The third-order valence-corrected chi connectivity index (χ3v) is 4.85. The number of hydrogen-bond acceptors (Lipinski definition) is 9. The third-order valence-electron chi connectivity index (χ3n) is 3.72. The molecule has 3 rings (SSSR count). The molecule has 0 spiro atoms. The summed E-state index contributed by atoms with van der Waals surface area (Å²) in [5, 5.41) is 3.48. The van der Waals surface area contributed by atoms with E-state index in [0.29, 0.717) is 15.8 Å². The van der Waals surface area contributed by atoms with Crippen molar-refractivity contribution in [2.45, 2.75) is 26.4 Å². The summed E-state index contributed by atoms with van der Waals surface area (Å²) in [4.78, 5) is 38.4. The maximum atomic E-state index is 12.4. The van der Waals surface area contributed by atoms with E-state index >= 15 is 0 Å². The first kappa shape index (κ1) is 18.1. The van der Waals surface area contributed by atoms with Crippen molar-refractivity contribution < 1.29 is 14.3 Å². The summed E-state index contributed by atoms with van der Waals surface area (Å²) < 4.78 is 5.29. The highest BCUT2D eigenvalue weighted by Crippen LogP contribution is 2.33. The number of amides is 1. The van der Waals surface area contributed by atoms with Crippen molar-refractivity contribution in [3.63, 3.8) is 0 Å². The molecule has 2 aromatic heterocycles. The van der Waals surface area contributed by atoms with E-state index in [-0.39, 0.29) is 30.2 Å². The number of carbonyl (C=O) groups is 2. The minimum Gasteiger partial charge on any atom is -0.453 e. The Labute approximate surface area is 154 Å². The van der Waals surface area contributed by atoms with Gasteiger partial charge in [0.15, 0.2) is 12.4 Å². The lowest BCUT2D eigenvalue weighted by molar-refractivity contribution is -0.117. The number of nitrogen functional groups attached to an aromatic ring is 1. The number of esters is 1. The van der Waals surface area contributed by atoms with Crippen LogP contribution in [0.15, 0.2) is 6.07 Å². The monoisotopic (exact) mass is 376 g/mol. The molecule has 138 valence electrons. The van der Waals surface area contributed by atoms with Crippen molar-refractivity contribution in [2.24, 2.45) is 5.92 Å². The van der Waals surface area contributed by atoms with Crippen molar-refractivity contribution in [1.29, 1.82) is 0 Å². The molecule has 0 saturated heterocycles. The first-order valence-electron chi connectivity index (χ1n) is 8.09. The van der Waals surface area contributed by atoms with E-state index < -0.39 is 5.97 Å². The molecule has 0 bridgehead atoms. The number of anilines is 3. The van der Waals surface area contributed by atoms with Crippen molar-refractivity contribution in [1.82, 2.24) is 15.0 Å². The molecular formula is C16H20N6O3S. The zero-order valence-corrected chi connectivity index (χ0v) is 15.6. The van der Waals surface area contributed by atoms with Crippen LogP contribution in [-0.2, 0) is 16.1 Å². The zero-order chi connectivity index (χ0) is 18.8. The van der Waals surface area contributed by atoms with Gasteiger partial charge in [-0.15, -0.1) is 11.3 Å². The Morgan fingerprint density at radius 2 is 2.08 bits per heavy atom. The van der Waals surface area contributed by atoms with Crippen molar-refractivity contribution in [3.05, 3.63) is 22.3 Å². The van der Waals surface area contributed by atoms with Crippen LogP contribution in [0.2, 0.25) is 0 Å². The number of aromatic nitrogens is 3. The minimum absolute atomic E-state index is 0.00282. The highest BCUT2D eigenvalue weighted by molar-refractivity contribution is 7.18. The van der Waals surface area contributed by atoms with Crippen LogP contribution in [0.5, 0.6) is 0 Å². The lowest BCUT2D eigenvalue weighted by Gasteiger charge is -2.11. The van der Waals surface area contributed by atoms with E-state index in [1.807, 2.05) is 0 Å². The van der Waals surface area contributed by atoms with Crippen molar-refractivity contribution in [3.8, 4) is 0 Å². The second kappa shape index (κ2) is 7.24. The Balaban J connectivity index is 1.65. The molecule has 10 heteroatoms. The molecule has 1 aliphatic rings. The van der Waals surface area contributed by atoms with Gasteiger partial charge in [0.2, 0.25) is 17.8 Å². The summed E-state index contributed by atoms with van der Waals surface area (Å²) in [6.45, 7) is 1.68. The summed E-state index contributed by atoms with van der Waals surface area (Å²) >= 11 is 1.19. The minimum atomic E-state index is -0.496. The number of rotatable bonds is 6. The van der Waals surface area contributed by atoms with Crippen molar-refractivity contribution >= 4 is 40.1 Å². The van der Waals surface area contributed by atoms with Gasteiger partial charge in [0.05, 0.1) is 5.00 Å². The molecule has 2 heterocycles. The standard InChI is InChI=1S/C16H20N6O3S/c1-8-6-11(20-13(23)9-4-5-9)26-12(8)14(24)25-7-10-18-15(17)21-16(19-10)22(2)3/h6,9H,4-5,7H2,1-3H3,(H,20,23)(H2,17,18,19,21). The maximum absolute atomic E-state index is 12.4. The first-order valence-corrected chi connectivity index (χ1v) is 8.91. The molecule has 3 N–H and O–H groups in total. The molecule has 1 saturated carbocycles. The number of nitrogens with two attached hydrogens (primary N) is 1. The van der Waals surface area contributed by atoms with Gasteiger partial charge in [0.25, 0.3) is 0 Å². The highest BCUT2D eigenvalue weighted by atomic mass is 32.1. The third kappa shape index (κ3) is 4.26. The number of nitrogens with zero attached hydrogens (tertiary/aromatic N) is 4. The summed E-state index contributed by atoms with van der Waals surface area (Å²) in [5.74, 6) is 0.333. The number of hydrogen-bond donors (Lipinski definition) is 2. The van der Waals surface area contributed by atoms with Crippen LogP contribution < -0.4 is 16.0 Å². The van der Waals surface area contributed by atoms with Crippen LogP contribution in [0.25, 0.3) is 0 Å². The molecular weight excluding hydrogens is 356 g/mol. The molecule has 1 fully saturated rings. The number of ether oxygens (including phenoxy) is 1. The predicted octanol–water partition coefficient (Wildman–Crippen LogP) is 1.60. The van der Waals surface area contributed by atoms with Gasteiger partial charge in [0, 0.05) is 20.0 Å². The lowest BCUT2D eigenvalue weighted by Crippen LogP contribution is -2.17. The second-order valence-electron chi connectivity index (χ2n) is 6.27. The van der Waals surface area contributed by atoms with E-state index in [1.54, 1.807) is 32.0 Å². The molecule has 1 amide bonds. The molecule has 0 unspecified atom stereocenters. The van der Waals surface area contributed by atoms with E-state index in [9.17, 15) is 9.59 Å². The fourth-order valence-corrected chi connectivity index (χ4v) is 3.17. The SMILES string of the molecule is Cc1cc(NC(=O)C2CC2)sc1C(=O)OCc1nc(N)nc(N(C)C)n1. The van der Waals surface area contributed by atoms with Gasteiger partial charge in [-0.25, -0.2) is 4.79 Å². The Morgan fingerprint density at radius 3 is 2.73 bits per heavy atom. The Hall–Kier alpha value is -2.75. The van der Waals surface area contributed by atoms with E-state index in [2.05, 4.69) is 20.3 Å². The number of carbonyl (C=O) groups excluding carboxylic acids is 2. The second-order valence-corrected chi connectivity index (χ2v) is 7.32. The fraction of sp³-hybridized carbons (Fsp3) is 0.438. The number of thiophene rings is 1. The van der Waals surface area contributed by atoms with E-state index in [1.165, 1.54) is 11.3 Å². The fourth-order valence-electron chi connectivity index (χ4n) is 2.20. The van der Waals surface area contributed by atoms with E-state index in [4.69, 9.17) is 10.5 Å². The van der Waals surface area contributed by atoms with Gasteiger partial charge in [0.1, 0.15) is 4.88 Å². The summed E-state index contributed by atoms with van der Waals surface area (Å²) in [6, 6.07) is 1.77. The molecule has 0 atom stereocenters. The quantitative estimate of drug-likeness (QED) is 0.729. The van der Waals surface area contributed by atoms with Crippen LogP contribution in [0.4, 0.5) is 16.9 Å². The Kier molecular flexibility index (Phi) is 5.03. The van der Waals surface area contributed by atoms with Crippen LogP contribution >= 0.6 is 11.3 Å². The molecule has 26 heavy (non-hydrogen) atoms. The number of aryl methyl sites for hydroxylation is 1. The summed E-state index contributed by atoms with van der Waals surface area (Å²) in [7, 11) is 3.55.